The summed E-state index contributed by atoms with van der Waals surface area (Å²) in [6.07, 6.45) is 5.46. The Hall–Kier alpha value is -2.88. The lowest BCUT2D eigenvalue weighted by atomic mass is 10.1. The molecule has 0 unspecified atom stereocenters. The minimum Gasteiger partial charge on any atom is -0.211 e. The molecule has 8 nitrogen and oxygen atoms in total. The van der Waals surface area contributed by atoms with Crippen molar-refractivity contribution in [3.8, 4) is 0 Å². The Kier molecular flexibility index (Phi) is 11.2. The highest BCUT2D eigenvalue weighted by Gasteiger charge is 2.19. The zero-order chi connectivity index (χ0) is 22.5. The summed E-state index contributed by atoms with van der Waals surface area (Å²) in [5.74, 6) is 0. The Bertz CT molecular complexity index is 1010. The van der Waals surface area contributed by atoms with Gasteiger partial charge in [-0.25, -0.2) is 29.2 Å². The van der Waals surface area contributed by atoms with Gasteiger partial charge in [-0.1, -0.05) is 58.5 Å². The first-order chi connectivity index (χ1) is 14.4. The van der Waals surface area contributed by atoms with Crippen LogP contribution in [0.15, 0.2) is 44.2 Å². The van der Waals surface area contributed by atoms with Gasteiger partial charge >= 0.3 is 0 Å². The summed E-state index contributed by atoms with van der Waals surface area (Å²) in [5, 5.41) is 0.449. The van der Waals surface area contributed by atoms with Gasteiger partial charge in [0.2, 0.25) is 24.3 Å². The Morgan fingerprint density at radius 1 is 0.600 bits per heavy atom. The van der Waals surface area contributed by atoms with Crippen LogP contribution in [-0.2, 0) is 32.3 Å². The van der Waals surface area contributed by atoms with Gasteiger partial charge in [-0.05, 0) is 12.1 Å². The average molecular weight is 486 g/mol. The summed E-state index contributed by atoms with van der Waals surface area (Å²) in [5.41, 5.74) is 1.26. The second-order valence-electron chi connectivity index (χ2n) is 4.92. The lowest BCUT2D eigenvalue weighted by Crippen LogP contribution is -1.95. The van der Waals surface area contributed by atoms with Gasteiger partial charge in [-0.3, -0.25) is 0 Å². The van der Waals surface area contributed by atoms with Crippen LogP contribution in [0.25, 0.3) is 0 Å². The molecule has 0 aliphatic carbocycles. The van der Waals surface area contributed by atoms with E-state index in [0.29, 0.717) is 22.5 Å². The van der Waals surface area contributed by atoms with E-state index in [1.807, 2.05) is 0 Å². The highest BCUT2D eigenvalue weighted by molar-refractivity contribution is 6.48. The molecule has 0 heterocycles. The summed E-state index contributed by atoms with van der Waals surface area (Å²) in [4.78, 5) is 53.4. The maximum absolute atomic E-state index is 10.1. The third-order valence-corrected chi connectivity index (χ3v) is 5.12. The van der Waals surface area contributed by atoms with Crippen LogP contribution in [0.4, 0.5) is 11.4 Å². The SMILES string of the molecule is O=C=NCc1c(Cl)c(Cl)c(CN=C=O)c(Cl)c1Cl.O=C=Nc1ccccc1N=C=O. The van der Waals surface area contributed by atoms with E-state index in [0.717, 1.165) is 0 Å². The van der Waals surface area contributed by atoms with Gasteiger partial charge in [0.05, 0.1) is 33.2 Å². The normalized spacial score (nSPS) is 8.93. The van der Waals surface area contributed by atoms with Gasteiger partial charge in [0, 0.05) is 11.1 Å². The van der Waals surface area contributed by atoms with Crippen molar-refractivity contribution in [1.29, 1.82) is 0 Å². The Morgan fingerprint density at radius 2 is 0.933 bits per heavy atom. The van der Waals surface area contributed by atoms with E-state index in [9.17, 15) is 19.2 Å². The first-order valence-corrected chi connectivity index (χ1v) is 9.09. The summed E-state index contributed by atoms with van der Waals surface area (Å²) < 4.78 is 0. The molecule has 2 rings (SSSR count). The van der Waals surface area contributed by atoms with Crippen LogP contribution < -0.4 is 0 Å². The third kappa shape index (κ3) is 6.87. The van der Waals surface area contributed by atoms with Crippen molar-refractivity contribution in [2.24, 2.45) is 20.0 Å². The molecule has 2 aromatic rings. The molecular formula is C18H8Cl4N4O4. The van der Waals surface area contributed by atoms with Gasteiger partial charge in [-0.2, -0.15) is 9.98 Å². The summed E-state index contributed by atoms with van der Waals surface area (Å²) in [6.45, 7) is -0.171. The van der Waals surface area contributed by atoms with Gasteiger partial charge < -0.3 is 0 Å². The molecule has 0 aliphatic rings. The van der Waals surface area contributed by atoms with E-state index >= 15 is 0 Å². The number of rotatable bonds is 6. The number of halogens is 4. The largest absolute Gasteiger partial charge is 0.240 e. The predicted molar refractivity (Wildman–Crippen MR) is 112 cm³/mol. The molecule has 0 aromatic heterocycles. The zero-order valence-electron chi connectivity index (χ0n) is 14.7. The molecule has 0 atom stereocenters. The van der Waals surface area contributed by atoms with Crippen LogP contribution in [0.3, 0.4) is 0 Å². The fraction of sp³-hybridized carbons (Fsp3) is 0.111. The smallest absolute Gasteiger partial charge is 0.211 e. The molecule has 30 heavy (non-hydrogen) atoms. The molecular weight excluding hydrogens is 478 g/mol. The summed E-state index contributed by atoms with van der Waals surface area (Å²) >= 11 is 23.9. The average Bonchev–Trinajstić information content (AvgIpc) is 2.75. The topological polar surface area (TPSA) is 118 Å². The monoisotopic (exact) mass is 484 g/mol. The number of hydrogen-bond acceptors (Lipinski definition) is 8. The number of para-hydroxylation sites is 2. The highest BCUT2D eigenvalue weighted by Crippen LogP contribution is 2.41. The van der Waals surface area contributed by atoms with Crippen LogP contribution in [0, 0.1) is 0 Å². The lowest BCUT2D eigenvalue weighted by Gasteiger charge is -2.12. The van der Waals surface area contributed by atoms with Crippen molar-refractivity contribution in [1.82, 2.24) is 0 Å². The maximum Gasteiger partial charge on any atom is 0.240 e. The first-order valence-electron chi connectivity index (χ1n) is 7.58. The minimum atomic E-state index is -0.0855. The molecule has 12 heteroatoms. The van der Waals surface area contributed by atoms with Crippen LogP contribution in [0.5, 0.6) is 0 Å². The minimum absolute atomic E-state index is 0.0855. The van der Waals surface area contributed by atoms with E-state index in [1.165, 1.54) is 24.3 Å². The van der Waals surface area contributed by atoms with E-state index in [2.05, 4.69) is 20.0 Å². The van der Waals surface area contributed by atoms with Crippen molar-refractivity contribution in [2.75, 3.05) is 0 Å². The highest BCUT2D eigenvalue weighted by atomic mass is 35.5. The first kappa shape index (κ1) is 25.2. The van der Waals surface area contributed by atoms with E-state index in [1.54, 1.807) is 24.3 Å². The van der Waals surface area contributed by atoms with E-state index < -0.39 is 0 Å². The van der Waals surface area contributed by atoms with Crippen molar-refractivity contribution in [3.05, 3.63) is 55.5 Å². The lowest BCUT2D eigenvalue weighted by molar-refractivity contribution is 0.562. The Balaban J connectivity index is 0.000000325. The van der Waals surface area contributed by atoms with Crippen molar-refractivity contribution in [3.63, 3.8) is 0 Å². The maximum atomic E-state index is 10.1. The van der Waals surface area contributed by atoms with Crippen LogP contribution in [0.2, 0.25) is 20.1 Å². The molecule has 0 bridgehead atoms. The van der Waals surface area contributed by atoms with E-state index in [4.69, 9.17) is 46.4 Å². The zero-order valence-corrected chi connectivity index (χ0v) is 17.7. The molecule has 0 saturated carbocycles. The number of carbonyl (C=O) groups excluding carboxylic acids is 4. The standard InChI is InChI=1S/C10H4Cl4N2O2.C8H4N2O2/c11-7-5(1-15-3-17)8(12)10(14)6(9(7)13)2-16-4-18;11-5-9-7-3-1-2-4-8(7)10-6-12/h1-2H2;1-4H. The van der Waals surface area contributed by atoms with Gasteiger partial charge in [0.25, 0.3) is 0 Å². The summed E-state index contributed by atoms with van der Waals surface area (Å²) in [6, 6.07) is 6.47. The fourth-order valence-corrected chi connectivity index (χ4v) is 3.14. The molecule has 0 amide bonds. The number of nitrogens with zero attached hydrogens (tertiary/aromatic N) is 4. The second kappa shape index (κ2) is 13.4. The van der Waals surface area contributed by atoms with Crippen LogP contribution in [0.1, 0.15) is 11.1 Å². The van der Waals surface area contributed by atoms with Crippen molar-refractivity contribution in [2.45, 2.75) is 13.1 Å². The Labute approximate surface area is 189 Å². The van der Waals surface area contributed by atoms with Gasteiger partial charge in [0.15, 0.2) is 0 Å². The number of aliphatic imine (C=N–C) groups is 4. The molecule has 0 saturated heterocycles. The molecule has 0 aliphatic heterocycles. The number of hydrogen-bond donors (Lipinski definition) is 0. The van der Waals surface area contributed by atoms with Gasteiger partial charge in [0.1, 0.15) is 11.4 Å². The molecule has 0 spiro atoms. The molecule has 2 aromatic carbocycles. The van der Waals surface area contributed by atoms with Crippen molar-refractivity contribution >= 4 is 82.1 Å². The van der Waals surface area contributed by atoms with Gasteiger partial charge in [-0.15, -0.1) is 0 Å². The number of isocyanates is 4. The fourth-order valence-electron chi connectivity index (χ4n) is 1.97. The van der Waals surface area contributed by atoms with Crippen molar-refractivity contribution < 1.29 is 19.2 Å². The summed E-state index contributed by atoms with van der Waals surface area (Å²) in [7, 11) is 0. The quantitative estimate of drug-likeness (QED) is 0.300. The molecule has 0 N–H and O–H groups in total. The second-order valence-corrected chi connectivity index (χ2v) is 6.43. The number of benzene rings is 2. The predicted octanol–water partition coefficient (Wildman–Crippen LogP) is 5.59. The molecule has 0 radical (unpaired) electrons. The van der Waals surface area contributed by atoms with Crippen LogP contribution in [-0.4, -0.2) is 24.3 Å². The molecule has 0 fully saturated rings. The van der Waals surface area contributed by atoms with Crippen LogP contribution >= 0.6 is 46.4 Å². The van der Waals surface area contributed by atoms with E-state index in [-0.39, 0.29) is 33.2 Å². The molecule has 152 valence electrons. The third-order valence-electron chi connectivity index (χ3n) is 3.26. The Morgan fingerprint density at radius 3 is 1.20 bits per heavy atom.